The fourth-order valence-corrected chi connectivity index (χ4v) is 2.86. The molecule has 0 heterocycles. The summed E-state index contributed by atoms with van der Waals surface area (Å²) < 4.78 is 44.4. The lowest BCUT2D eigenvalue weighted by Crippen LogP contribution is -2.44. The van der Waals surface area contributed by atoms with E-state index < -0.39 is 24.7 Å². The van der Waals surface area contributed by atoms with Crippen molar-refractivity contribution >= 4 is 29.1 Å². The summed E-state index contributed by atoms with van der Waals surface area (Å²) >= 11 is 11.8. The number of carbonyl (C=O) groups excluding carboxylic acids is 1. The van der Waals surface area contributed by atoms with E-state index in [4.69, 9.17) is 33.2 Å². The Hall–Kier alpha value is -2.43. The highest BCUT2D eigenvalue weighted by Crippen LogP contribution is 2.29. The van der Waals surface area contributed by atoms with Crippen LogP contribution in [0.1, 0.15) is 18.1 Å². The SMILES string of the molecule is CC(Oc1ccc(Cl)cc1Cl)C(=O)N(Cc1ccc(C#N)cc1)CC(F)(F)F. The third-order valence-electron chi connectivity index (χ3n) is 3.68. The summed E-state index contributed by atoms with van der Waals surface area (Å²) in [7, 11) is 0. The van der Waals surface area contributed by atoms with E-state index in [1.807, 2.05) is 6.07 Å². The Balaban J connectivity index is 2.18. The number of hydrogen-bond acceptors (Lipinski definition) is 3. The van der Waals surface area contributed by atoms with Gasteiger partial charge in [-0.15, -0.1) is 0 Å². The highest BCUT2D eigenvalue weighted by atomic mass is 35.5. The van der Waals surface area contributed by atoms with Crippen LogP contribution in [-0.4, -0.2) is 29.6 Å². The summed E-state index contributed by atoms with van der Waals surface area (Å²) in [6.45, 7) is -0.380. The quantitative estimate of drug-likeness (QED) is 0.630. The van der Waals surface area contributed by atoms with Gasteiger partial charge in [0.1, 0.15) is 12.3 Å². The third-order valence-corrected chi connectivity index (χ3v) is 4.21. The number of ether oxygens (including phenoxy) is 1. The zero-order valence-corrected chi connectivity index (χ0v) is 16.1. The molecule has 0 aliphatic rings. The molecule has 0 fully saturated rings. The molecule has 0 aliphatic heterocycles. The zero-order chi connectivity index (χ0) is 20.9. The summed E-state index contributed by atoms with van der Waals surface area (Å²) in [5.41, 5.74) is 0.819. The normalized spacial score (nSPS) is 12.2. The predicted octanol–water partition coefficient (Wildman–Crippen LogP) is 5.22. The number of hydrogen-bond donors (Lipinski definition) is 0. The molecule has 0 radical (unpaired) electrons. The van der Waals surface area contributed by atoms with Gasteiger partial charge in [0, 0.05) is 11.6 Å². The maximum Gasteiger partial charge on any atom is 0.406 e. The Labute approximate surface area is 170 Å². The second kappa shape index (κ2) is 9.18. The van der Waals surface area contributed by atoms with E-state index in [0.29, 0.717) is 21.0 Å². The molecule has 0 aliphatic carbocycles. The lowest BCUT2D eigenvalue weighted by atomic mass is 10.1. The highest BCUT2D eigenvalue weighted by Gasteiger charge is 2.35. The molecule has 2 aromatic rings. The molecule has 148 valence electrons. The molecule has 0 aromatic heterocycles. The van der Waals surface area contributed by atoms with Crippen molar-refractivity contribution in [3.63, 3.8) is 0 Å². The maximum atomic E-state index is 13.0. The van der Waals surface area contributed by atoms with E-state index in [-0.39, 0.29) is 17.3 Å². The van der Waals surface area contributed by atoms with Gasteiger partial charge >= 0.3 is 6.18 Å². The summed E-state index contributed by atoms with van der Waals surface area (Å²) in [5, 5.41) is 9.30. The number of alkyl halides is 3. The Kier molecular flexibility index (Phi) is 7.17. The molecule has 0 saturated heterocycles. The van der Waals surface area contributed by atoms with E-state index in [9.17, 15) is 18.0 Å². The maximum absolute atomic E-state index is 13.0. The number of halogens is 5. The van der Waals surface area contributed by atoms with Gasteiger partial charge in [0.25, 0.3) is 5.91 Å². The van der Waals surface area contributed by atoms with Gasteiger partial charge in [0.2, 0.25) is 0 Å². The standard InChI is InChI=1S/C19H15Cl2F3N2O2/c1-12(28-17-7-6-15(20)8-16(17)21)18(27)26(11-19(22,23)24)10-14-4-2-13(9-25)3-5-14/h2-8,12H,10-11H2,1H3. The molecule has 0 saturated carbocycles. The molecule has 9 heteroatoms. The number of rotatable bonds is 6. The molecule has 4 nitrogen and oxygen atoms in total. The predicted molar refractivity (Wildman–Crippen MR) is 99.2 cm³/mol. The van der Waals surface area contributed by atoms with Gasteiger partial charge in [0.05, 0.1) is 16.7 Å². The molecule has 28 heavy (non-hydrogen) atoms. The van der Waals surface area contributed by atoms with E-state index in [1.54, 1.807) is 0 Å². The number of amides is 1. The van der Waals surface area contributed by atoms with Crippen molar-refractivity contribution < 1.29 is 22.7 Å². The first-order chi connectivity index (χ1) is 13.1. The molecule has 0 bridgehead atoms. The van der Waals surface area contributed by atoms with Gasteiger partial charge in [-0.25, -0.2) is 0 Å². The summed E-state index contributed by atoms with van der Waals surface area (Å²) in [4.78, 5) is 13.3. The van der Waals surface area contributed by atoms with Crippen LogP contribution in [0.25, 0.3) is 0 Å². The van der Waals surface area contributed by atoms with Crippen LogP contribution in [0.15, 0.2) is 42.5 Å². The van der Waals surface area contributed by atoms with E-state index in [0.717, 1.165) is 0 Å². The lowest BCUT2D eigenvalue weighted by Gasteiger charge is -2.27. The number of nitriles is 1. The van der Waals surface area contributed by atoms with Crippen LogP contribution in [0.3, 0.4) is 0 Å². The van der Waals surface area contributed by atoms with Crippen molar-refractivity contribution in [3.05, 3.63) is 63.6 Å². The molecule has 1 unspecified atom stereocenters. The topological polar surface area (TPSA) is 53.3 Å². The number of carbonyl (C=O) groups is 1. The van der Waals surface area contributed by atoms with Crippen LogP contribution in [-0.2, 0) is 11.3 Å². The molecule has 1 amide bonds. The van der Waals surface area contributed by atoms with Gasteiger partial charge in [0.15, 0.2) is 6.10 Å². The first kappa shape index (κ1) is 21.9. The van der Waals surface area contributed by atoms with Gasteiger partial charge in [-0.2, -0.15) is 18.4 Å². The summed E-state index contributed by atoms with van der Waals surface area (Å²) in [5.74, 6) is -0.718. The van der Waals surface area contributed by atoms with Crippen LogP contribution in [0, 0.1) is 11.3 Å². The molecular weight excluding hydrogens is 416 g/mol. The van der Waals surface area contributed by atoms with E-state index in [2.05, 4.69) is 0 Å². The highest BCUT2D eigenvalue weighted by molar-refractivity contribution is 6.35. The number of benzene rings is 2. The first-order valence-corrected chi connectivity index (χ1v) is 8.81. The Bertz CT molecular complexity index is 880. The Morgan fingerprint density at radius 1 is 1.21 bits per heavy atom. The average molecular weight is 431 g/mol. The van der Waals surface area contributed by atoms with Crippen molar-refractivity contribution in [1.82, 2.24) is 4.90 Å². The molecule has 1 atom stereocenters. The molecule has 2 rings (SSSR count). The van der Waals surface area contributed by atoms with Crippen LogP contribution in [0.2, 0.25) is 10.0 Å². The summed E-state index contributed by atoms with van der Waals surface area (Å²) in [6.07, 6.45) is -5.79. The molecular formula is C19H15Cl2F3N2O2. The zero-order valence-electron chi connectivity index (χ0n) is 14.6. The first-order valence-electron chi connectivity index (χ1n) is 8.05. The van der Waals surface area contributed by atoms with Crippen molar-refractivity contribution in [3.8, 4) is 11.8 Å². The molecule has 0 N–H and O–H groups in total. The van der Waals surface area contributed by atoms with Gasteiger partial charge in [-0.3, -0.25) is 4.79 Å². The minimum atomic E-state index is -4.58. The second-order valence-electron chi connectivity index (χ2n) is 5.95. The Morgan fingerprint density at radius 3 is 2.39 bits per heavy atom. The van der Waals surface area contributed by atoms with Crippen LogP contribution >= 0.6 is 23.2 Å². The average Bonchev–Trinajstić information content (AvgIpc) is 2.62. The van der Waals surface area contributed by atoms with Gasteiger partial charge in [-0.1, -0.05) is 35.3 Å². The second-order valence-corrected chi connectivity index (χ2v) is 6.80. The van der Waals surface area contributed by atoms with Crippen molar-refractivity contribution in [2.24, 2.45) is 0 Å². The van der Waals surface area contributed by atoms with E-state index >= 15 is 0 Å². The molecule has 0 spiro atoms. The minimum absolute atomic E-state index is 0.136. The minimum Gasteiger partial charge on any atom is -0.479 e. The lowest BCUT2D eigenvalue weighted by molar-refractivity contribution is -0.166. The third kappa shape index (κ3) is 6.32. The molecule has 2 aromatic carbocycles. The monoisotopic (exact) mass is 430 g/mol. The van der Waals surface area contributed by atoms with Gasteiger partial charge < -0.3 is 9.64 Å². The fraction of sp³-hybridized carbons (Fsp3) is 0.263. The largest absolute Gasteiger partial charge is 0.479 e. The van der Waals surface area contributed by atoms with Crippen molar-refractivity contribution in [2.75, 3.05) is 6.54 Å². The van der Waals surface area contributed by atoms with Gasteiger partial charge in [-0.05, 0) is 42.8 Å². The van der Waals surface area contributed by atoms with Crippen LogP contribution in [0.5, 0.6) is 5.75 Å². The van der Waals surface area contributed by atoms with Crippen LogP contribution in [0.4, 0.5) is 13.2 Å². The number of nitrogens with zero attached hydrogens (tertiary/aromatic N) is 2. The van der Waals surface area contributed by atoms with Crippen molar-refractivity contribution in [2.45, 2.75) is 25.7 Å². The van der Waals surface area contributed by atoms with Crippen molar-refractivity contribution in [1.29, 1.82) is 5.26 Å². The fourth-order valence-electron chi connectivity index (χ4n) is 2.40. The smallest absolute Gasteiger partial charge is 0.406 e. The summed E-state index contributed by atoms with van der Waals surface area (Å²) in [6, 6.07) is 12.2. The van der Waals surface area contributed by atoms with Crippen LogP contribution < -0.4 is 4.74 Å². The van der Waals surface area contributed by atoms with E-state index in [1.165, 1.54) is 49.4 Å². The Morgan fingerprint density at radius 2 is 1.86 bits per heavy atom.